The fourth-order valence-corrected chi connectivity index (χ4v) is 3.46. The molecule has 2 N–H and O–H groups in total. The third-order valence-electron chi connectivity index (χ3n) is 4.95. The third kappa shape index (κ3) is 3.18. The molecule has 1 saturated heterocycles. The Balaban J connectivity index is 1.66. The molecule has 21 heavy (non-hydrogen) atoms. The Hall–Kier alpha value is -1.22. The number of guanidine groups is 1. The molecule has 1 aromatic rings. The quantitative estimate of drug-likeness (QED) is 0.687. The minimum atomic E-state index is 0.131. The number of benzene rings is 1. The summed E-state index contributed by atoms with van der Waals surface area (Å²) in [6.07, 6.45) is 4.74. The highest BCUT2D eigenvalue weighted by Crippen LogP contribution is 2.50. The molecule has 1 aromatic carbocycles. The van der Waals surface area contributed by atoms with Gasteiger partial charge in [-0.25, -0.2) is 0 Å². The monoisotopic (exact) mass is 305 g/mol. The van der Waals surface area contributed by atoms with Gasteiger partial charge >= 0.3 is 0 Å². The summed E-state index contributed by atoms with van der Waals surface area (Å²) in [4.78, 5) is 6.91. The molecule has 0 unspecified atom stereocenters. The zero-order chi connectivity index (χ0) is 14.9. The van der Waals surface area contributed by atoms with Crippen LogP contribution in [0.5, 0.6) is 0 Å². The van der Waals surface area contributed by atoms with E-state index in [1.165, 1.54) is 18.4 Å². The molecule has 0 spiro atoms. The predicted molar refractivity (Wildman–Crippen MR) is 88.8 cm³/mol. The average molecular weight is 306 g/mol. The topological polar surface area (TPSA) is 41.6 Å². The van der Waals surface area contributed by atoms with Crippen LogP contribution < -0.4 is 5.73 Å². The van der Waals surface area contributed by atoms with Gasteiger partial charge in [0.2, 0.25) is 0 Å². The first kappa shape index (κ1) is 14.7. The zero-order valence-corrected chi connectivity index (χ0v) is 13.4. The van der Waals surface area contributed by atoms with Gasteiger partial charge < -0.3 is 10.6 Å². The molecule has 3 rings (SSSR count). The molecule has 1 aliphatic carbocycles. The van der Waals surface area contributed by atoms with Crippen LogP contribution in [-0.4, -0.2) is 30.5 Å². The second-order valence-electron chi connectivity index (χ2n) is 6.60. The van der Waals surface area contributed by atoms with Gasteiger partial charge in [0.15, 0.2) is 5.96 Å². The van der Waals surface area contributed by atoms with Gasteiger partial charge in [-0.1, -0.05) is 36.7 Å². The number of hydrogen-bond acceptors (Lipinski definition) is 1. The first-order valence-corrected chi connectivity index (χ1v) is 8.28. The van der Waals surface area contributed by atoms with Gasteiger partial charge in [0.05, 0.1) is 6.54 Å². The Morgan fingerprint density at radius 3 is 2.62 bits per heavy atom. The van der Waals surface area contributed by atoms with E-state index in [2.05, 4.69) is 28.9 Å². The van der Waals surface area contributed by atoms with Gasteiger partial charge in [0.1, 0.15) is 0 Å². The number of aliphatic imine (C=N–C) groups is 1. The normalized spacial score (nSPS) is 22.4. The molecule has 0 atom stereocenters. The molecule has 1 saturated carbocycles. The van der Waals surface area contributed by atoms with Crippen LogP contribution >= 0.6 is 11.6 Å². The lowest BCUT2D eigenvalue weighted by Crippen LogP contribution is -2.42. The van der Waals surface area contributed by atoms with E-state index in [0.717, 1.165) is 43.4 Å². The maximum atomic E-state index is 6.34. The van der Waals surface area contributed by atoms with E-state index >= 15 is 0 Å². The van der Waals surface area contributed by atoms with Crippen LogP contribution in [-0.2, 0) is 5.41 Å². The van der Waals surface area contributed by atoms with Gasteiger partial charge in [-0.2, -0.15) is 0 Å². The lowest BCUT2D eigenvalue weighted by Gasteiger charge is -2.31. The molecule has 1 heterocycles. The second kappa shape index (κ2) is 5.88. The van der Waals surface area contributed by atoms with E-state index < -0.39 is 0 Å². The van der Waals surface area contributed by atoms with Crippen LogP contribution in [0, 0.1) is 5.92 Å². The SMILES string of the molecule is CC1CCN(C(N)=NCC2(c3ccccc3Cl)CC2)CC1. The van der Waals surface area contributed by atoms with Crippen molar-refractivity contribution >= 4 is 17.6 Å². The summed E-state index contributed by atoms with van der Waals surface area (Å²) in [6, 6.07) is 8.13. The fraction of sp³-hybridized carbons (Fsp3) is 0.588. The summed E-state index contributed by atoms with van der Waals surface area (Å²) in [5.74, 6) is 1.52. The van der Waals surface area contributed by atoms with Crippen molar-refractivity contribution in [1.29, 1.82) is 0 Å². The molecule has 0 amide bonds. The number of nitrogens with zero attached hydrogens (tertiary/aromatic N) is 2. The Bertz CT molecular complexity index is 529. The summed E-state index contributed by atoms with van der Waals surface area (Å²) in [6.45, 7) is 5.14. The van der Waals surface area contributed by atoms with E-state index in [0.29, 0.717) is 5.96 Å². The Morgan fingerprint density at radius 2 is 2.00 bits per heavy atom. The molecule has 2 fully saturated rings. The van der Waals surface area contributed by atoms with E-state index in [1.54, 1.807) is 0 Å². The molecule has 0 radical (unpaired) electrons. The van der Waals surface area contributed by atoms with Crippen molar-refractivity contribution in [3.8, 4) is 0 Å². The second-order valence-corrected chi connectivity index (χ2v) is 7.01. The lowest BCUT2D eigenvalue weighted by atomic mass is 9.96. The number of hydrogen-bond donors (Lipinski definition) is 1. The third-order valence-corrected chi connectivity index (χ3v) is 5.28. The molecule has 0 bridgehead atoms. The molecule has 114 valence electrons. The highest BCUT2D eigenvalue weighted by atomic mass is 35.5. The van der Waals surface area contributed by atoms with Gasteiger partial charge in [-0.05, 0) is 43.2 Å². The Labute approximate surface area is 132 Å². The number of halogens is 1. The minimum absolute atomic E-state index is 0.131. The molecule has 0 aromatic heterocycles. The predicted octanol–water partition coefficient (Wildman–Crippen LogP) is 3.42. The summed E-state index contributed by atoms with van der Waals surface area (Å²) in [5.41, 5.74) is 7.55. The van der Waals surface area contributed by atoms with Crippen LogP contribution in [0.2, 0.25) is 5.02 Å². The standard InChI is InChI=1S/C17H24ClN3/c1-13-6-10-21(11-7-13)16(19)20-12-17(8-9-17)14-4-2-3-5-15(14)18/h2-5,13H,6-12H2,1H3,(H2,19,20). The van der Waals surface area contributed by atoms with E-state index in [4.69, 9.17) is 17.3 Å². The summed E-state index contributed by atoms with van der Waals surface area (Å²) in [5, 5.41) is 0.857. The largest absolute Gasteiger partial charge is 0.370 e. The van der Waals surface area contributed by atoms with E-state index in [-0.39, 0.29) is 5.41 Å². The van der Waals surface area contributed by atoms with Crippen molar-refractivity contribution in [3.05, 3.63) is 34.9 Å². The first-order valence-electron chi connectivity index (χ1n) is 7.91. The van der Waals surface area contributed by atoms with Crippen LogP contribution in [0.4, 0.5) is 0 Å². The Morgan fingerprint density at radius 1 is 1.33 bits per heavy atom. The lowest BCUT2D eigenvalue weighted by molar-refractivity contribution is 0.277. The van der Waals surface area contributed by atoms with Crippen molar-refractivity contribution in [3.63, 3.8) is 0 Å². The smallest absolute Gasteiger partial charge is 0.191 e. The van der Waals surface area contributed by atoms with Gasteiger partial charge in [0, 0.05) is 23.5 Å². The van der Waals surface area contributed by atoms with Crippen molar-refractivity contribution < 1.29 is 0 Å². The molecule has 3 nitrogen and oxygen atoms in total. The maximum Gasteiger partial charge on any atom is 0.191 e. The van der Waals surface area contributed by atoms with Crippen LogP contribution in [0.25, 0.3) is 0 Å². The summed E-state index contributed by atoms with van der Waals surface area (Å²) >= 11 is 6.34. The van der Waals surface area contributed by atoms with Crippen LogP contribution in [0.1, 0.15) is 38.2 Å². The van der Waals surface area contributed by atoms with Crippen LogP contribution in [0.3, 0.4) is 0 Å². The molecule has 1 aliphatic heterocycles. The molecule has 2 aliphatic rings. The number of rotatable bonds is 3. The van der Waals surface area contributed by atoms with E-state index in [9.17, 15) is 0 Å². The fourth-order valence-electron chi connectivity index (χ4n) is 3.12. The average Bonchev–Trinajstić information content (AvgIpc) is 3.27. The van der Waals surface area contributed by atoms with Crippen LogP contribution in [0.15, 0.2) is 29.3 Å². The number of piperidine rings is 1. The molecular weight excluding hydrogens is 282 g/mol. The number of likely N-dealkylation sites (tertiary alicyclic amines) is 1. The van der Waals surface area contributed by atoms with Gasteiger partial charge in [-0.15, -0.1) is 0 Å². The summed E-state index contributed by atoms with van der Waals surface area (Å²) in [7, 11) is 0. The van der Waals surface area contributed by atoms with Crippen molar-refractivity contribution in [2.24, 2.45) is 16.6 Å². The Kier molecular flexibility index (Phi) is 4.12. The van der Waals surface area contributed by atoms with Crippen molar-refractivity contribution in [1.82, 2.24) is 4.90 Å². The highest BCUT2D eigenvalue weighted by Gasteiger charge is 2.45. The number of nitrogens with two attached hydrogens (primary N) is 1. The first-order chi connectivity index (χ1) is 10.1. The van der Waals surface area contributed by atoms with Crippen molar-refractivity contribution in [2.45, 2.75) is 38.0 Å². The summed E-state index contributed by atoms with van der Waals surface area (Å²) < 4.78 is 0. The van der Waals surface area contributed by atoms with Gasteiger partial charge in [-0.3, -0.25) is 4.99 Å². The van der Waals surface area contributed by atoms with Crippen molar-refractivity contribution in [2.75, 3.05) is 19.6 Å². The van der Waals surface area contributed by atoms with E-state index in [1.807, 2.05) is 12.1 Å². The maximum absolute atomic E-state index is 6.34. The molecular formula is C17H24ClN3. The molecule has 4 heteroatoms. The zero-order valence-electron chi connectivity index (χ0n) is 12.7. The minimum Gasteiger partial charge on any atom is -0.370 e. The van der Waals surface area contributed by atoms with Gasteiger partial charge in [0.25, 0.3) is 0 Å². The highest BCUT2D eigenvalue weighted by molar-refractivity contribution is 6.31.